The Bertz CT molecular complexity index is 476. The Morgan fingerprint density at radius 2 is 2.25 bits per heavy atom. The fourth-order valence-electron chi connectivity index (χ4n) is 1.81. The first kappa shape index (κ1) is 11.0. The minimum atomic E-state index is 0.701. The summed E-state index contributed by atoms with van der Waals surface area (Å²) in [5.74, 6) is 0.701. The molecule has 0 spiro atoms. The van der Waals surface area contributed by atoms with E-state index in [1.807, 2.05) is 12.3 Å². The van der Waals surface area contributed by atoms with Gasteiger partial charge in [0, 0.05) is 18.9 Å². The minimum Gasteiger partial charge on any atom is -0.480 e. The number of H-pyrrole nitrogens is 1. The molecule has 0 aliphatic rings. The fraction of sp³-hybridized carbons (Fsp3) is 0.417. The Balaban J connectivity index is 2.38. The molecule has 2 heterocycles. The third-order valence-electron chi connectivity index (χ3n) is 2.66. The summed E-state index contributed by atoms with van der Waals surface area (Å²) >= 11 is 0. The molecule has 0 bridgehead atoms. The molecule has 0 atom stereocenters. The Morgan fingerprint density at radius 1 is 1.44 bits per heavy atom. The molecule has 0 radical (unpaired) electrons. The highest BCUT2D eigenvalue weighted by atomic mass is 16.5. The van der Waals surface area contributed by atoms with Gasteiger partial charge in [0.05, 0.1) is 18.0 Å². The van der Waals surface area contributed by atoms with Crippen LogP contribution < -0.4 is 4.74 Å². The molecule has 4 nitrogen and oxygen atoms in total. The number of methoxy groups -OCH3 is 1. The molecule has 0 saturated heterocycles. The molecule has 2 aromatic rings. The van der Waals surface area contributed by atoms with Crippen LogP contribution in [-0.2, 0) is 6.42 Å². The molecular formula is C12H17N3O. The number of hydrogen-bond acceptors (Lipinski definition) is 3. The van der Waals surface area contributed by atoms with Crippen molar-refractivity contribution in [2.45, 2.75) is 6.42 Å². The predicted molar refractivity (Wildman–Crippen MR) is 64.9 cm³/mol. The molecule has 0 saturated carbocycles. The predicted octanol–water partition coefficient (Wildman–Crippen LogP) is 1.68. The molecular weight excluding hydrogens is 202 g/mol. The molecule has 0 aromatic carbocycles. The third-order valence-corrected chi connectivity index (χ3v) is 2.66. The Morgan fingerprint density at radius 3 is 2.94 bits per heavy atom. The Kier molecular flexibility index (Phi) is 3.10. The van der Waals surface area contributed by atoms with E-state index in [1.54, 1.807) is 13.3 Å². The number of hydrogen-bond donors (Lipinski definition) is 1. The number of rotatable bonds is 4. The molecule has 0 fully saturated rings. The zero-order chi connectivity index (χ0) is 11.5. The first-order valence-electron chi connectivity index (χ1n) is 5.36. The highest BCUT2D eigenvalue weighted by Gasteiger charge is 2.09. The van der Waals surface area contributed by atoms with Crippen LogP contribution in [0.25, 0.3) is 10.9 Å². The summed E-state index contributed by atoms with van der Waals surface area (Å²) in [6.45, 7) is 1.02. The summed E-state index contributed by atoms with van der Waals surface area (Å²) in [5.41, 5.74) is 2.34. The zero-order valence-electron chi connectivity index (χ0n) is 9.95. The van der Waals surface area contributed by atoms with Crippen LogP contribution in [0, 0.1) is 0 Å². The maximum absolute atomic E-state index is 5.29. The van der Waals surface area contributed by atoms with Gasteiger partial charge in [-0.15, -0.1) is 0 Å². The van der Waals surface area contributed by atoms with E-state index in [4.69, 9.17) is 4.74 Å². The lowest BCUT2D eigenvalue weighted by molar-refractivity contribution is 0.401. The van der Waals surface area contributed by atoms with E-state index in [1.165, 1.54) is 5.56 Å². The standard InChI is InChI=1S/C12H17N3O/c1-15(2)7-5-9-8-14-10-4-6-13-12(16-3)11(9)10/h4,6,8,14H,5,7H2,1-3H3. The van der Waals surface area contributed by atoms with Crippen LogP contribution in [0.4, 0.5) is 0 Å². The van der Waals surface area contributed by atoms with E-state index in [-0.39, 0.29) is 0 Å². The smallest absolute Gasteiger partial charge is 0.222 e. The van der Waals surface area contributed by atoms with E-state index in [0.717, 1.165) is 23.9 Å². The number of aromatic amines is 1. The number of nitrogens with zero attached hydrogens (tertiary/aromatic N) is 2. The van der Waals surface area contributed by atoms with Crippen molar-refractivity contribution in [3.8, 4) is 5.88 Å². The third kappa shape index (κ3) is 2.02. The monoisotopic (exact) mass is 219 g/mol. The van der Waals surface area contributed by atoms with E-state index < -0.39 is 0 Å². The average molecular weight is 219 g/mol. The van der Waals surface area contributed by atoms with Crippen molar-refractivity contribution in [1.29, 1.82) is 0 Å². The maximum atomic E-state index is 5.29. The van der Waals surface area contributed by atoms with Gasteiger partial charge in [0.2, 0.25) is 5.88 Å². The zero-order valence-corrected chi connectivity index (χ0v) is 9.95. The van der Waals surface area contributed by atoms with Gasteiger partial charge >= 0.3 is 0 Å². The van der Waals surface area contributed by atoms with Crippen LogP contribution in [0.5, 0.6) is 5.88 Å². The van der Waals surface area contributed by atoms with Crippen molar-refractivity contribution in [2.24, 2.45) is 0 Å². The molecule has 1 N–H and O–H groups in total. The molecule has 86 valence electrons. The van der Waals surface area contributed by atoms with Crippen LogP contribution in [0.2, 0.25) is 0 Å². The van der Waals surface area contributed by atoms with Crippen LogP contribution in [0.3, 0.4) is 0 Å². The van der Waals surface area contributed by atoms with Crippen molar-refractivity contribution in [3.05, 3.63) is 24.0 Å². The summed E-state index contributed by atoms with van der Waals surface area (Å²) in [6, 6.07) is 1.97. The second-order valence-electron chi connectivity index (χ2n) is 4.11. The number of aromatic nitrogens is 2. The molecule has 0 aliphatic heterocycles. The number of nitrogens with one attached hydrogen (secondary N) is 1. The molecule has 2 rings (SSSR count). The molecule has 2 aromatic heterocycles. The van der Waals surface area contributed by atoms with Gasteiger partial charge in [-0.3, -0.25) is 0 Å². The van der Waals surface area contributed by atoms with Gasteiger partial charge in [-0.1, -0.05) is 0 Å². The van der Waals surface area contributed by atoms with E-state index in [9.17, 15) is 0 Å². The summed E-state index contributed by atoms with van der Waals surface area (Å²) in [6.07, 6.45) is 4.79. The quantitative estimate of drug-likeness (QED) is 0.850. The van der Waals surface area contributed by atoms with Crippen molar-refractivity contribution in [1.82, 2.24) is 14.9 Å². The van der Waals surface area contributed by atoms with Crippen molar-refractivity contribution < 1.29 is 4.74 Å². The van der Waals surface area contributed by atoms with Crippen LogP contribution in [0.15, 0.2) is 18.5 Å². The number of pyridine rings is 1. The molecule has 0 amide bonds. The molecule has 0 unspecified atom stereocenters. The van der Waals surface area contributed by atoms with Gasteiger partial charge in [0.1, 0.15) is 0 Å². The van der Waals surface area contributed by atoms with Gasteiger partial charge in [-0.05, 0) is 32.1 Å². The van der Waals surface area contributed by atoms with Gasteiger partial charge in [0.15, 0.2) is 0 Å². The summed E-state index contributed by atoms with van der Waals surface area (Å²) in [5, 5.41) is 1.10. The van der Waals surface area contributed by atoms with Gasteiger partial charge in [0.25, 0.3) is 0 Å². The largest absolute Gasteiger partial charge is 0.480 e. The maximum Gasteiger partial charge on any atom is 0.222 e. The lowest BCUT2D eigenvalue weighted by Crippen LogP contribution is -2.14. The fourth-order valence-corrected chi connectivity index (χ4v) is 1.81. The topological polar surface area (TPSA) is 41.1 Å². The Hall–Kier alpha value is -1.55. The summed E-state index contributed by atoms with van der Waals surface area (Å²) < 4.78 is 5.29. The first-order chi connectivity index (χ1) is 7.72. The van der Waals surface area contributed by atoms with E-state index in [2.05, 4.69) is 29.0 Å². The molecule has 0 aliphatic carbocycles. The van der Waals surface area contributed by atoms with Crippen LogP contribution in [-0.4, -0.2) is 42.6 Å². The average Bonchev–Trinajstić information content (AvgIpc) is 2.69. The highest BCUT2D eigenvalue weighted by Crippen LogP contribution is 2.26. The van der Waals surface area contributed by atoms with Crippen molar-refractivity contribution in [3.63, 3.8) is 0 Å². The molecule has 16 heavy (non-hydrogen) atoms. The van der Waals surface area contributed by atoms with Gasteiger partial charge in [-0.25, -0.2) is 4.98 Å². The normalized spacial score (nSPS) is 11.2. The number of likely N-dealkylation sites (N-methyl/N-ethyl adjacent to an activating group) is 1. The van der Waals surface area contributed by atoms with Crippen LogP contribution >= 0.6 is 0 Å². The lowest BCUT2D eigenvalue weighted by atomic mass is 10.1. The summed E-state index contributed by atoms with van der Waals surface area (Å²) in [7, 11) is 5.80. The van der Waals surface area contributed by atoms with E-state index >= 15 is 0 Å². The van der Waals surface area contributed by atoms with Crippen molar-refractivity contribution in [2.75, 3.05) is 27.7 Å². The van der Waals surface area contributed by atoms with Crippen molar-refractivity contribution >= 4 is 10.9 Å². The number of fused-ring (bicyclic) bond motifs is 1. The second kappa shape index (κ2) is 4.53. The molecule has 4 heteroatoms. The van der Waals surface area contributed by atoms with Crippen LogP contribution in [0.1, 0.15) is 5.56 Å². The van der Waals surface area contributed by atoms with E-state index in [0.29, 0.717) is 5.88 Å². The lowest BCUT2D eigenvalue weighted by Gasteiger charge is -2.09. The second-order valence-corrected chi connectivity index (χ2v) is 4.11. The Labute approximate surface area is 95.2 Å². The minimum absolute atomic E-state index is 0.701. The summed E-state index contributed by atoms with van der Waals surface area (Å²) in [4.78, 5) is 9.65. The van der Waals surface area contributed by atoms with Gasteiger partial charge < -0.3 is 14.6 Å². The number of ether oxygens (including phenoxy) is 1. The highest BCUT2D eigenvalue weighted by molar-refractivity contribution is 5.87. The first-order valence-corrected chi connectivity index (χ1v) is 5.36. The van der Waals surface area contributed by atoms with Gasteiger partial charge in [-0.2, -0.15) is 0 Å². The SMILES string of the molecule is COc1nccc2[nH]cc(CCN(C)C)c12.